The maximum absolute atomic E-state index is 12.6. The van der Waals surface area contributed by atoms with Gasteiger partial charge >= 0.3 is 6.18 Å². The molecule has 0 bridgehead atoms. The summed E-state index contributed by atoms with van der Waals surface area (Å²) in [7, 11) is 0. The van der Waals surface area contributed by atoms with Crippen molar-refractivity contribution in [1.29, 1.82) is 0 Å². The van der Waals surface area contributed by atoms with Gasteiger partial charge in [0.1, 0.15) is 5.82 Å². The van der Waals surface area contributed by atoms with Gasteiger partial charge in [0.25, 0.3) is 0 Å². The van der Waals surface area contributed by atoms with Crippen LogP contribution in [0.25, 0.3) is 0 Å². The van der Waals surface area contributed by atoms with Gasteiger partial charge in [-0.15, -0.1) is 11.6 Å². The number of hydrogen-bond donors (Lipinski definition) is 0. The van der Waals surface area contributed by atoms with Crippen LogP contribution in [0.15, 0.2) is 18.3 Å². The van der Waals surface area contributed by atoms with Crippen LogP contribution < -0.4 is 4.90 Å². The van der Waals surface area contributed by atoms with Crippen molar-refractivity contribution in [3.8, 4) is 0 Å². The molecule has 1 saturated heterocycles. The Balaban J connectivity index is 2.08. The maximum atomic E-state index is 12.6. The number of rotatable bonds is 2. The fraction of sp³-hybridized carbons (Fsp3) is 0.615. The van der Waals surface area contributed by atoms with Crippen LogP contribution in [0.3, 0.4) is 0 Å². The Labute approximate surface area is 115 Å². The number of piperidine rings is 1. The predicted molar refractivity (Wildman–Crippen MR) is 69.5 cm³/mol. The molecule has 2 heterocycles. The van der Waals surface area contributed by atoms with Gasteiger partial charge in [0, 0.05) is 24.7 Å². The number of halogens is 4. The summed E-state index contributed by atoms with van der Waals surface area (Å²) in [5.41, 5.74) is -0.648. The molecule has 2 rings (SSSR count). The third-order valence-electron chi connectivity index (χ3n) is 3.59. The molecule has 6 heteroatoms. The second kappa shape index (κ2) is 5.57. The average molecular weight is 293 g/mol. The molecule has 1 aromatic rings. The summed E-state index contributed by atoms with van der Waals surface area (Å²) in [6.07, 6.45) is -1.32. The van der Waals surface area contributed by atoms with Crippen molar-refractivity contribution in [2.24, 2.45) is 5.92 Å². The molecule has 0 aromatic carbocycles. The first-order chi connectivity index (χ1) is 8.88. The van der Waals surface area contributed by atoms with Crippen molar-refractivity contribution < 1.29 is 13.2 Å². The largest absolute Gasteiger partial charge is 0.416 e. The van der Waals surface area contributed by atoms with Crippen LogP contribution >= 0.6 is 11.6 Å². The van der Waals surface area contributed by atoms with E-state index >= 15 is 0 Å². The summed E-state index contributed by atoms with van der Waals surface area (Å²) in [5.74, 6) is 0.833. The zero-order valence-electron chi connectivity index (χ0n) is 10.6. The Morgan fingerprint density at radius 2 is 2.00 bits per heavy atom. The molecule has 0 aliphatic carbocycles. The zero-order valence-corrected chi connectivity index (χ0v) is 11.4. The Bertz CT molecular complexity index is 426. The van der Waals surface area contributed by atoms with Gasteiger partial charge in [-0.25, -0.2) is 4.98 Å². The molecule has 1 aliphatic heterocycles. The van der Waals surface area contributed by atoms with Crippen molar-refractivity contribution >= 4 is 17.4 Å². The standard InChI is InChI=1S/C13H16ClF3N2/c1-9(14)10-3-6-19(7-4-10)12-8-11(2-5-18-12)13(15,16)17/h2,5,8-10H,3-4,6-7H2,1H3. The van der Waals surface area contributed by atoms with E-state index in [-0.39, 0.29) is 5.38 Å². The highest BCUT2D eigenvalue weighted by Gasteiger charge is 2.31. The van der Waals surface area contributed by atoms with Crippen LogP contribution in [0.5, 0.6) is 0 Å². The minimum absolute atomic E-state index is 0.108. The lowest BCUT2D eigenvalue weighted by Crippen LogP contribution is -2.36. The zero-order chi connectivity index (χ0) is 14.0. The van der Waals surface area contributed by atoms with Crippen molar-refractivity contribution in [1.82, 2.24) is 4.98 Å². The van der Waals surface area contributed by atoms with E-state index in [0.29, 0.717) is 24.8 Å². The Kier molecular flexibility index (Phi) is 4.23. The van der Waals surface area contributed by atoms with E-state index in [1.165, 1.54) is 6.20 Å². The molecule has 19 heavy (non-hydrogen) atoms. The Morgan fingerprint density at radius 1 is 1.37 bits per heavy atom. The second-order valence-corrected chi connectivity index (χ2v) is 5.59. The van der Waals surface area contributed by atoms with Crippen LogP contribution in [-0.4, -0.2) is 23.5 Å². The number of aromatic nitrogens is 1. The van der Waals surface area contributed by atoms with E-state index < -0.39 is 11.7 Å². The average Bonchev–Trinajstić information content (AvgIpc) is 2.38. The fourth-order valence-corrected chi connectivity index (χ4v) is 2.61. The molecule has 1 fully saturated rings. The highest BCUT2D eigenvalue weighted by atomic mass is 35.5. The quantitative estimate of drug-likeness (QED) is 0.768. The van der Waals surface area contributed by atoms with Gasteiger partial charge in [-0.05, 0) is 37.8 Å². The second-order valence-electron chi connectivity index (χ2n) is 4.90. The first kappa shape index (κ1) is 14.4. The van der Waals surface area contributed by atoms with Crippen LogP contribution in [0, 0.1) is 5.92 Å². The number of anilines is 1. The van der Waals surface area contributed by atoms with E-state index in [2.05, 4.69) is 4.98 Å². The van der Waals surface area contributed by atoms with Gasteiger partial charge in [-0.3, -0.25) is 0 Å². The Morgan fingerprint density at radius 3 is 2.53 bits per heavy atom. The molecular weight excluding hydrogens is 277 g/mol. The normalized spacial score (nSPS) is 19.5. The van der Waals surface area contributed by atoms with Crippen molar-refractivity contribution in [3.63, 3.8) is 0 Å². The summed E-state index contributed by atoms with van der Waals surface area (Å²) in [6.45, 7) is 3.37. The smallest absolute Gasteiger partial charge is 0.357 e. The van der Waals surface area contributed by atoms with E-state index in [0.717, 1.165) is 25.0 Å². The molecular formula is C13H16ClF3N2. The first-order valence-electron chi connectivity index (χ1n) is 6.30. The molecule has 0 radical (unpaired) electrons. The van der Waals surface area contributed by atoms with Gasteiger partial charge in [-0.2, -0.15) is 13.2 Å². The molecule has 0 N–H and O–H groups in total. The lowest BCUT2D eigenvalue weighted by atomic mass is 9.94. The maximum Gasteiger partial charge on any atom is 0.416 e. The van der Waals surface area contributed by atoms with Crippen LogP contribution in [0.2, 0.25) is 0 Å². The van der Waals surface area contributed by atoms with E-state index in [1.807, 2.05) is 11.8 Å². The van der Waals surface area contributed by atoms with Gasteiger partial charge in [0.15, 0.2) is 0 Å². The first-order valence-corrected chi connectivity index (χ1v) is 6.74. The van der Waals surface area contributed by atoms with Crippen LogP contribution in [-0.2, 0) is 6.18 Å². The molecule has 1 aliphatic rings. The van der Waals surface area contributed by atoms with Crippen molar-refractivity contribution in [2.75, 3.05) is 18.0 Å². The van der Waals surface area contributed by atoms with Gasteiger partial charge < -0.3 is 4.90 Å². The van der Waals surface area contributed by atoms with Gasteiger partial charge in [0.05, 0.1) is 5.56 Å². The number of pyridine rings is 1. The fourth-order valence-electron chi connectivity index (χ4n) is 2.36. The SMILES string of the molecule is CC(Cl)C1CCN(c2cc(C(F)(F)F)ccn2)CC1. The molecule has 106 valence electrons. The summed E-state index contributed by atoms with van der Waals surface area (Å²) >= 11 is 6.05. The number of nitrogens with zero attached hydrogens (tertiary/aromatic N) is 2. The predicted octanol–water partition coefficient (Wildman–Crippen LogP) is 3.94. The molecule has 1 unspecified atom stereocenters. The Hall–Kier alpha value is -0.970. The van der Waals surface area contributed by atoms with Crippen LogP contribution in [0.4, 0.5) is 19.0 Å². The molecule has 1 atom stereocenters. The summed E-state index contributed by atoms with van der Waals surface area (Å²) in [5, 5.41) is 0.108. The minimum atomic E-state index is -4.32. The van der Waals surface area contributed by atoms with Gasteiger partial charge in [-0.1, -0.05) is 0 Å². The summed E-state index contributed by atoms with van der Waals surface area (Å²) in [4.78, 5) is 5.93. The molecule has 0 spiro atoms. The van der Waals surface area contributed by atoms with Crippen molar-refractivity contribution in [2.45, 2.75) is 31.3 Å². The molecule has 2 nitrogen and oxygen atoms in total. The van der Waals surface area contributed by atoms with E-state index in [1.54, 1.807) is 0 Å². The lowest BCUT2D eigenvalue weighted by molar-refractivity contribution is -0.137. The third kappa shape index (κ3) is 3.53. The summed E-state index contributed by atoms with van der Waals surface area (Å²) < 4.78 is 37.9. The minimum Gasteiger partial charge on any atom is -0.357 e. The highest BCUT2D eigenvalue weighted by molar-refractivity contribution is 6.20. The highest BCUT2D eigenvalue weighted by Crippen LogP contribution is 2.32. The molecule has 0 amide bonds. The van der Waals surface area contributed by atoms with Gasteiger partial charge in [0.2, 0.25) is 0 Å². The van der Waals surface area contributed by atoms with E-state index in [9.17, 15) is 13.2 Å². The third-order valence-corrected chi connectivity index (χ3v) is 3.94. The molecule has 1 aromatic heterocycles. The monoisotopic (exact) mass is 292 g/mol. The number of hydrogen-bond acceptors (Lipinski definition) is 2. The lowest BCUT2D eigenvalue weighted by Gasteiger charge is -2.34. The van der Waals surface area contributed by atoms with E-state index in [4.69, 9.17) is 11.6 Å². The molecule has 0 saturated carbocycles. The number of alkyl halides is 4. The topological polar surface area (TPSA) is 16.1 Å². The van der Waals surface area contributed by atoms with Crippen LogP contribution in [0.1, 0.15) is 25.3 Å². The van der Waals surface area contributed by atoms with Crippen molar-refractivity contribution in [3.05, 3.63) is 23.9 Å². The summed E-state index contributed by atoms with van der Waals surface area (Å²) in [6, 6.07) is 2.11.